The molecule has 2 aromatic rings. The first kappa shape index (κ1) is 14.4. The van der Waals surface area contributed by atoms with E-state index in [1.165, 1.54) is 24.4 Å². The molecule has 0 aliphatic rings. The summed E-state index contributed by atoms with van der Waals surface area (Å²) in [6.45, 7) is 0. The topological polar surface area (TPSA) is 102 Å². The minimum Gasteiger partial charge on any atom is -0.263 e. The number of aromatic nitrogens is 1. The maximum Gasteiger partial charge on any atom is 0.269 e. The van der Waals surface area contributed by atoms with Crippen molar-refractivity contribution in [2.45, 2.75) is 4.90 Å². The van der Waals surface area contributed by atoms with Gasteiger partial charge in [-0.15, -0.1) is 0 Å². The van der Waals surface area contributed by atoms with Crippen molar-refractivity contribution < 1.29 is 13.3 Å². The first-order valence-corrected chi connectivity index (χ1v) is 7.55. The number of rotatable bonds is 4. The van der Waals surface area contributed by atoms with Gasteiger partial charge in [-0.1, -0.05) is 15.9 Å². The van der Waals surface area contributed by atoms with Gasteiger partial charge in [-0.3, -0.25) is 14.8 Å². The molecule has 7 nitrogen and oxygen atoms in total. The molecule has 0 aliphatic carbocycles. The third-order valence-corrected chi connectivity index (χ3v) is 4.18. The standard InChI is InChI=1S/C11H8BrN3O4S/c12-8-5-6-13-11(7-8)14-20(18,19)10-3-1-9(2-4-10)15(16)17/h1-7H,(H,13,14). The van der Waals surface area contributed by atoms with E-state index in [0.717, 1.165) is 12.1 Å². The number of nitrogens with one attached hydrogen (secondary N) is 1. The average molecular weight is 358 g/mol. The Morgan fingerprint density at radius 3 is 2.40 bits per heavy atom. The van der Waals surface area contributed by atoms with Crippen LogP contribution < -0.4 is 4.72 Å². The molecule has 0 bridgehead atoms. The van der Waals surface area contributed by atoms with E-state index in [0.29, 0.717) is 4.47 Å². The van der Waals surface area contributed by atoms with Crippen molar-refractivity contribution in [1.29, 1.82) is 0 Å². The number of nitro groups is 1. The summed E-state index contributed by atoms with van der Waals surface area (Å²) < 4.78 is 27.1. The lowest BCUT2D eigenvalue weighted by Gasteiger charge is -2.07. The smallest absolute Gasteiger partial charge is 0.263 e. The summed E-state index contributed by atoms with van der Waals surface area (Å²) in [7, 11) is -3.83. The van der Waals surface area contributed by atoms with Crippen molar-refractivity contribution in [2.75, 3.05) is 4.72 Å². The van der Waals surface area contributed by atoms with E-state index in [-0.39, 0.29) is 16.4 Å². The molecule has 1 aromatic heterocycles. The fraction of sp³-hybridized carbons (Fsp3) is 0. The quantitative estimate of drug-likeness (QED) is 0.668. The molecule has 0 spiro atoms. The molecule has 0 saturated heterocycles. The summed E-state index contributed by atoms with van der Waals surface area (Å²) in [5.74, 6) is 0.151. The van der Waals surface area contributed by atoms with Gasteiger partial charge in [-0.05, 0) is 24.3 Å². The van der Waals surface area contributed by atoms with Crippen LogP contribution >= 0.6 is 15.9 Å². The third kappa shape index (κ3) is 3.31. The van der Waals surface area contributed by atoms with Crippen molar-refractivity contribution in [3.63, 3.8) is 0 Å². The summed E-state index contributed by atoms with van der Waals surface area (Å²) in [5.41, 5.74) is -0.176. The van der Waals surface area contributed by atoms with Crippen LogP contribution in [0.3, 0.4) is 0 Å². The highest BCUT2D eigenvalue weighted by molar-refractivity contribution is 9.10. The molecule has 1 aromatic carbocycles. The Morgan fingerprint density at radius 2 is 1.85 bits per heavy atom. The highest BCUT2D eigenvalue weighted by Gasteiger charge is 2.16. The van der Waals surface area contributed by atoms with Gasteiger partial charge in [0.2, 0.25) is 0 Å². The summed E-state index contributed by atoms with van der Waals surface area (Å²) in [4.78, 5) is 13.7. The van der Waals surface area contributed by atoms with Crippen molar-refractivity contribution in [2.24, 2.45) is 0 Å². The molecule has 1 heterocycles. The Hall–Kier alpha value is -2.00. The van der Waals surface area contributed by atoms with Crippen molar-refractivity contribution in [3.8, 4) is 0 Å². The number of hydrogen-bond acceptors (Lipinski definition) is 5. The zero-order chi connectivity index (χ0) is 14.8. The van der Waals surface area contributed by atoms with E-state index < -0.39 is 14.9 Å². The SMILES string of the molecule is O=[N+]([O-])c1ccc(S(=O)(=O)Nc2cc(Br)ccn2)cc1. The van der Waals surface area contributed by atoms with Gasteiger partial charge in [0.25, 0.3) is 15.7 Å². The highest BCUT2D eigenvalue weighted by Crippen LogP contribution is 2.19. The van der Waals surface area contributed by atoms with E-state index in [1.807, 2.05) is 0 Å². The van der Waals surface area contributed by atoms with Crippen LogP contribution in [-0.2, 0) is 10.0 Å². The minimum atomic E-state index is -3.83. The van der Waals surface area contributed by atoms with Crippen molar-refractivity contribution in [3.05, 3.63) is 57.2 Å². The maximum absolute atomic E-state index is 12.1. The van der Waals surface area contributed by atoms with Crippen LogP contribution in [0, 0.1) is 10.1 Å². The molecule has 0 unspecified atom stereocenters. The highest BCUT2D eigenvalue weighted by atomic mass is 79.9. The van der Waals surface area contributed by atoms with E-state index in [1.54, 1.807) is 6.07 Å². The Morgan fingerprint density at radius 1 is 1.20 bits per heavy atom. The molecule has 104 valence electrons. The first-order chi connectivity index (χ1) is 9.38. The van der Waals surface area contributed by atoms with Crippen LogP contribution in [0.2, 0.25) is 0 Å². The van der Waals surface area contributed by atoms with Crippen LogP contribution in [0.1, 0.15) is 0 Å². The van der Waals surface area contributed by atoms with Gasteiger partial charge in [0.05, 0.1) is 9.82 Å². The molecular weight excluding hydrogens is 350 g/mol. The van der Waals surface area contributed by atoms with E-state index in [2.05, 4.69) is 25.6 Å². The predicted octanol–water partition coefficient (Wildman–Crippen LogP) is 2.55. The number of nitrogens with zero attached hydrogens (tertiary/aromatic N) is 2. The number of benzene rings is 1. The Kier molecular flexibility index (Phi) is 4.00. The largest absolute Gasteiger partial charge is 0.269 e. The lowest BCUT2D eigenvalue weighted by Crippen LogP contribution is -2.13. The second-order valence-corrected chi connectivity index (χ2v) is 6.31. The van der Waals surface area contributed by atoms with Gasteiger partial charge in [-0.25, -0.2) is 13.4 Å². The number of hydrogen-bond donors (Lipinski definition) is 1. The molecule has 1 N–H and O–H groups in total. The van der Waals surface area contributed by atoms with Crippen molar-refractivity contribution >= 4 is 37.5 Å². The summed E-state index contributed by atoms with van der Waals surface area (Å²) in [6, 6.07) is 7.75. The maximum atomic E-state index is 12.1. The third-order valence-electron chi connectivity index (χ3n) is 2.32. The molecule has 0 fully saturated rings. The predicted molar refractivity (Wildman–Crippen MR) is 75.8 cm³/mol. The van der Waals surface area contributed by atoms with Crippen LogP contribution in [0.15, 0.2) is 52.0 Å². The second kappa shape index (κ2) is 5.55. The Labute approximate surface area is 123 Å². The van der Waals surface area contributed by atoms with E-state index in [4.69, 9.17) is 0 Å². The number of sulfonamides is 1. The zero-order valence-corrected chi connectivity index (χ0v) is 12.3. The number of non-ortho nitro benzene ring substituents is 1. The molecule has 2 rings (SSSR count). The second-order valence-electron chi connectivity index (χ2n) is 3.72. The fourth-order valence-electron chi connectivity index (χ4n) is 1.40. The summed E-state index contributed by atoms with van der Waals surface area (Å²) in [6.07, 6.45) is 1.44. The average Bonchev–Trinajstić information content (AvgIpc) is 2.38. The molecule has 0 amide bonds. The van der Waals surface area contributed by atoms with Crippen LogP contribution in [0.25, 0.3) is 0 Å². The van der Waals surface area contributed by atoms with Crippen LogP contribution in [0.5, 0.6) is 0 Å². The first-order valence-electron chi connectivity index (χ1n) is 5.27. The lowest BCUT2D eigenvalue weighted by atomic mass is 10.3. The fourth-order valence-corrected chi connectivity index (χ4v) is 2.74. The Bertz CT molecular complexity index is 747. The van der Waals surface area contributed by atoms with Gasteiger partial charge < -0.3 is 0 Å². The van der Waals surface area contributed by atoms with E-state index >= 15 is 0 Å². The van der Waals surface area contributed by atoms with Crippen LogP contribution in [-0.4, -0.2) is 18.3 Å². The van der Waals surface area contributed by atoms with Gasteiger partial charge >= 0.3 is 0 Å². The summed E-state index contributed by atoms with van der Waals surface area (Å²) >= 11 is 3.20. The molecule has 0 atom stereocenters. The number of halogens is 1. The minimum absolute atomic E-state index is 0.0788. The molecule has 0 saturated carbocycles. The van der Waals surface area contributed by atoms with E-state index in [9.17, 15) is 18.5 Å². The van der Waals surface area contributed by atoms with Gasteiger partial charge in [0.1, 0.15) is 5.82 Å². The molecule has 0 aliphatic heterocycles. The normalized spacial score (nSPS) is 11.1. The van der Waals surface area contributed by atoms with Crippen molar-refractivity contribution in [1.82, 2.24) is 4.98 Å². The monoisotopic (exact) mass is 357 g/mol. The number of anilines is 1. The van der Waals surface area contributed by atoms with Gasteiger partial charge in [0.15, 0.2) is 0 Å². The van der Waals surface area contributed by atoms with Gasteiger partial charge in [0, 0.05) is 22.8 Å². The molecule has 9 heteroatoms. The number of pyridine rings is 1. The van der Waals surface area contributed by atoms with Gasteiger partial charge in [-0.2, -0.15) is 0 Å². The number of nitro benzene ring substituents is 1. The zero-order valence-electron chi connectivity index (χ0n) is 9.86. The molecule has 20 heavy (non-hydrogen) atoms. The molecule has 0 radical (unpaired) electrons. The lowest BCUT2D eigenvalue weighted by molar-refractivity contribution is -0.384. The van der Waals surface area contributed by atoms with Crippen LogP contribution in [0.4, 0.5) is 11.5 Å². The Balaban J connectivity index is 2.28. The summed E-state index contributed by atoms with van der Waals surface area (Å²) in [5, 5.41) is 10.5. The molecular formula is C11H8BrN3O4S.